The summed E-state index contributed by atoms with van der Waals surface area (Å²) in [5.74, 6) is 0. The molecule has 1 heterocycles. The Morgan fingerprint density at radius 2 is 2.10 bits per heavy atom. The zero-order valence-electron chi connectivity index (χ0n) is 12.0. The molecule has 2 rings (SSSR count). The summed E-state index contributed by atoms with van der Waals surface area (Å²) in [7, 11) is 0. The number of hydrogen-bond acceptors (Lipinski definition) is 5. The summed E-state index contributed by atoms with van der Waals surface area (Å²) in [5, 5.41) is 17.4. The molecule has 0 bridgehead atoms. The first-order valence-electron chi connectivity index (χ1n) is 6.93. The number of imidazole rings is 1. The van der Waals surface area contributed by atoms with E-state index in [-0.39, 0.29) is 10.6 Å². The zero-order valence-corrected chi connectivity index (χ0v) is 12.0. The van der Waals surface area contributed by atoms with E-state index in [0.717, 1.165) is 13.0 Å². The predicted octanol–water partition coefficient (Wildman–Crippen LogP) is 2.73. The highest BCUT2D eigenvalue weighted by Crippen LogP contribution is 2.32. The molecule has 21 heavy (non-hydrogen) atoms. The van der Waals surface area contributed by atoms with Gasteiger partial charge in [-0.05, 0) is 25.5 Å². The molecule has 0 spiro atoms. The van der Waals surface area contributed by atoms with Crippen molar-refractivity contribution in [3.63, 3.8) is 0 Å². The molecular weight excluding hydrogens is 270 g/mol. The number of benzene rings is 1. The Hall–Kier alpha value is -2.57. The Morgan fingerprint density at radius 1 is 1.33 bits per heavy atom. The van der Waals surface area contributed by atoms with Crippen molar-refractivity contribution >= 4 is 17.1 Å². The Morgan fingerprint density at radius 3 is 2.71 bits per heavy atom. The topological polar surface area (TPSA) is 85.0 Å². The van der Waals surface area contributed by atoms with Crippen LogP contribution < -0.4 is 10.6 Å². The Balaban J connectivity index is 1.98. The molecule has 0 aliphatic rings. The molecule has 7 nitrogen and oxygen atoms in total. The molecule has 112 valence electrons. The van der Waals surface area contributed by atoms with Gasteiger partial charge in [0.25, 0.3) is 0 Å². The molecule has 0 radical (unpaired) electrons. The second-order valence-electron chi connectivity index (χ2n) is 4.57. The highest BCUT2D eigenvalue weighted by Gasteiger charge is 2.18. The fraction of sp³-hybridized carbons (Fsp3) is 0.357. The van der Waals surface area contributed by atoms with Crippen LogP contribution in [-0.2, 0) is 6.54 Å². The Kier molecular flexibility index (Phi) is 5.14. The van der Waals surface area contributed by atoms with Gasteiger partial charge in [-0.3, -0.25) is 10.1 Å². The Bertz CT molecular complexity index is 583. The van der Waals surface area contributed by atoms with Crippen molar-refractivity contribution in [2.75, 3.05) is 23.7 Å². The van der Waals surface area contributed by atoms with Crippen LogP contribution in [-0.4, -0.2) is 27.6 Å². The SMILES string of the molecule is CCNc1cccc(NCCCn2ccnc2)c1[N+](=O)[O-]. The van der Waals surface area contributed by atoms with Gasteiger partial charge >= 0.3 is 5.69 Å². The maximum absolute atomic E-state index is 11.3. The smallest absolute Gasteiger partial charge is 0.315 e. The predicted molar refractivity (Wildman–Crippen MR) is 82.6 cm³/mol. The largest absolute Gasteiger partial charge is 0.380 e. The summed E-state index contributed by atoms with van der Waals surface area (Å²) >= 11 is 0. The fourth-order valence-electron chi connectivity index (χ4n) is 2.12. The van der Waals surface area contributed by atoms with Gasteiger partial charge in [-0.2, -0.15) is 0 Å². The lowest BCUT2D eigenvalue weighted by Gasteiger charge is -2.11. The van der Waals surface area contributed by atoms with E-state index in [1.165, 1.54) is 0 Å². The van der Waals surface area contributed by atoms with Crippen LogP contribution >= 0.6 is 0 Å². The van der Waals surface area contributed by atoms with Crippen molar-refractivity contribution in [2.45, 2.75) is 19.9 Å². The number of aromatic nitrogens is 2. The standard InChI is InChI=1S/C14H19N5O2/c1-2-16-12-5-3-6-13(14(12)19(20)21)17-7-4-9-18-10-8-15-11-18/h3,5-6,8,10-11,16-17H,2,4,7,9H2,1H3. The average Bonchev–Trinajstić information content (AvgIpc) is 2.97. The van der Waals surface area contributed by atoms with E-state index in [9.17, 15) is 10.1 Å². The minimum Gasteiger partial charge on any atom is -0.380 e. The van der Waals surface area contributed by atoms with Crippen molar-refractivity contribution in [1.29, 1.82) is 0 Å². The van der Waals surface area contributed by atoms with Gasteiger partial charge in [0.1, 0.15) is 11.4 Å². The van der Waals surface area contributed by atoms with Crippen LogP contribution in [0.3, 0.4) is 0 Å². The van der Waals surface area contributed by atoms with Gasteiger partial charge in [0.15, 0.2) is 0 Å². The second-order valence-corrected chi connectivity index (χ2v) is 4.57. The molecule has 2 N–H and O–H groups in total. The van der Waals surface area contributed by atoms with Crippen LogP contribution in [0.15, 0.2) is 36.9 Å². The fourth-order valence-corrected chi connectivity index (χ4v) is 2.12. The van der Waals surface area contributed by atoms with Crippen molar-refractivity contribution in [3.05, 3.63) is 47.0 Å². The third-order valence-corrected chi connectivity index (χ3v) is 3.05. The van der Waals surface area contributed by atoms with Gasteiger partial charge in [0.05, 0.1) is 11.3 Å². The molecule has 0 aliphatic carbocycles. The molecule has 0 atom stereocenters. The van der Waals surface area contributed by atoms with Crippen LogP contribution in [0.1, 0.15) is 13.3 Å². The minimum absolute atomic E-state index is 0.0991. The number of aryl methyl sites for hydroxylation is 1. The van der Waals surface area contributed by atoms with Gasteiger partial charge in [0.2, 0.25) is 0 Å². The zero-order chi connectivity index (χ0) is 15.1. The van der Waals surface area contributed by atoms with Gasteiger partial charge < -0.3 is 15.2 Å². The molecule has 7 heteroatoms. The van der Waals surface area contributed by atoms with Crippen molar-refractivity contribution in [1.82, 2.24) is 9.55 Å². The summed E-state index contributed by atoms with van der Waals surface area (Å²) in [6, 6.07) is 5.26. The molecule has 0 unspecified atom stereocenters. The van der Waals surface area contributed by atoms with Crippen molar-refractivity contribution in [2.24, 2.45) is 0 Å². The van der Waals surface area contributed by atoms with E-state index in [2.05, 4.69) is 15.6 Å². The van der Waals surface area contributed by atoms with E-state index in [4.69, 9.17) is 0 Å². The first kappa shape index (κ1) is 14.8. The average molecular weight is 289 g/mol. The lowest BCUT2D eigenvalue weighted by molar-refractivity contribution is -0.383. The summed E-state index contributed by atoms with van der Waals surface area (Å²) in [4.78, 5) is 14.9. The number of nitrogens with zero attached hydrogens (tertiary/aromatic N) is 3. The third kappa shape index (κ3) is 3.95. The third-order valence-electron chi connectivity index (χ3n) is 3.05. The minimum atomic E-state index is -0.351. The number of hydrogen-bond donors (Lipinski definition) is 2. The molecular formula is C14H19N5O2. The summed E-state index contributed by atoms with van der Waals surface area (Å²) in [6.07, 6.45) is 6.25. The van der Waals surface area contributed by atoms with E-state index in [1.54, 1.807) is 24.7 Å². The van der Waals surface area contributed by atoms with Gasteiger partial charge in [-0.25, -0.2) is 4.98 Å². The van der Waals surface area contributed by atoms with E-state index >= 15 is 0 Å². The first-order chi connectivity index (χ1) is 10.2. The maximum atomic E-state index is 11.3. The Labute approximate surface area is 123 Å². The number of para-hydroxylation sites is 1. The van der Waals surface area contributed by atoms with Gasteiger partial charge in [-0.15, -0.1) is 0 Å². The number of anilines is 2. The molecule has 0 saturated heterocycles. The first-order valence-corrected chi connectivity index (χ1v) is 6.93. The number of nitro benzene ring substituents is 1. The monoisotopic (exact) mass is 289 g/mol. The molecule has 1 aromatic carbocycles. The maximum Gasteiger partial charge on any atom is 0.315 e. The number of nitrogens with one attached hydrogen (secondary N) is 2. The molecule has 0 amide bonds. The summed E-state index contributed by atoms with van der Waals surface area (Å²) < 4.78 is 1.98. The highest BCUT2D eigenvalue weighted by atomic mass is 16.6. The molecule has 0 aliphatic heterocycles. The summed E-state index contributed by atoms with van der Waals surface area (Å²) in [6.45, 7) is 4.04. The van der Waals surface area contributed by atoms with Crippen LogP contribution in [0.2, 0.25) is 0 Å². The van der Waals surface area contributed by atoms with Gasteiger partial charge in [0, 0.05) is 32.0 Å². The van der Waals surface area contributed by atoms with E-state index in [0.29, 0.717) is 24.5 Å². The number of nitro groups is 1. The van der Waals surface area contributed by atoms with Crippen molar-refractivity contribution < 1.29 is 4.92 Å². The molecule has 2 aromatic rings. The second kappa shape index (κ2) is 7.28. The molecule has 0 saturated carbocycles. The molecule has 0 fully saturated rings. The summed E-state index contributed by atoms with van der Waals surface area (Å²) in [5.41, 5.74) is 1.19. The van der Waals surface area contributed by atoms with Crippen molar-refractivity contribution in [3.8, 4) is 0 Å². The quantitative estimate of drug-likeness (QED) is 0.443. The lowest BCUT2D eigenvalue weighted by atomic mass is 10.2. The van der Waals surface area contributed by atoms with E-state index < -0.39 is 0 Å². The van der Waals surface area contributed by atoms with Crippen LogP contribution in [0.4, 0.5) is 17.1 Å². The van der Waals surface area contributed by atoms with Crippen LogP contribution in [0.25, 0.3) is 0 Å². The molecule has 1 aromatic heterocycles. The van der Waals surface area contributed by atoms with E-state index in [1.807, 2.05) is 23.8 Å². The van der Waals surface area contributed by atoms with Crippen LogP contribution in [0.5, 0.6) is 0 Å². The normalized spacial score (nSPS) is 10.3. The highest BCUT2D eigenvalue weighted by molar-refractivity contribution is 5.76. The van der Waals surface area contributed by atoms with Gasteiger partial charge in [-0.1, -0.05) is 6.07 Å². The number of rotatable bonds is 8. The van der Waals surface area contributed by atoms with Crippen LogP contribution in [0, 0.1) is 10.1 Å². The lowest BCUT2D eigenvalue weighted by Crippen LogP contribution is -2.09.